The lowest BCUT2D eigenvalue weighted by molar-refractivity contribution is -0.123. The van der Waals surface area contributed by atoms with Crippen LogP contribution in [0, 0.1) is 5.92 Å². The summed E-state index contributed by atoms with van der Waals surface area (Å²) in [5.74, 6) is 0.622. The van der Waals surface area contributed by atoms with Crippen molar-refractivity contribution in [3.05, 3.63) is 0 Å². The number of rotatable bonds is 3. The average molecular weight is 212 g/mol. The summed E-state index contributed by atoms with van der Waals surface area (Å²) in [4.78, 5) is 11.7. The fourth-order valence-electron chi connectivity index (χ4n) is 2.18. The standard InChI is InChI=1S/C12H24N2O/c1-3-10(13)12(15)14-11-8-6-4-5-7-9(11)2/h9-11H,3-8,13H2,1-2H3,(H,14,15)/t9?,10-,11?/m1/s1. The first kappa shape index (κ1) is 12.5. The second-order valence-electron chi connectivity index (χ2n) is 4.75. The van der Waals surface area contributed by atoms with Crippen LogP contribution in [-0.2, 0) is 4.79 Å². The van der Waals surface area contributed by atoms with E-state index in [1.54, 1.807) is 0 Å². The Balaban J connectivity index is 2.44. The van der Waals surface area contributed by atoms with Crippen LogP contribution in [0.15, 0.2) is 0 Å². The first-order chi connectivity index (χ1) is 7.15. The Morgan fingerprint density at radius 2 is 2.07 bits per heavy atom. The maximum atomic E-state index is 11.7. The highest BCUT2D eigenvalue weighted by atomic mass is 16.2. The van der Waals surface area contributed by atoms with Gasteiger partial charge in [0, 0.05) is 6.04 Å². The number of carbonyl (C=O) groups excluding carboxylic acids is 1. The Morgan fingerprint density at radius 1 is 1.40 bits per heavy atom. The summed E-state index contributed by atoms with van der Waals surface area (Å²) in [5.41, 5.74) is 5.71. The van der Waals surface area contributed by atoms with Crippen LogP contribution in [0.1, 0.15) is 52.4 Å². The van der Waals surface area contributed by atoms with Crippen LogP contribution >= 0.6 is 0 Å². The first-order valence-electron chi connectivity index (χ1n) is 6.21. The third kappa shape index (κ3) is 3.82. The van der Waals surface area contributed by atoms with Crippen molar-refractivity contribution in [1.29, 1.82) is 0 Å². The van der Waals surface area contributed by atoms with E-state index in [-0.39, 0.29) is 11.9 Å². The molecule has 1 amide bonds. The van der Waals surface area contributed by atoms with Crippen LogP contribution < -0.4 is 11.1 Å². The molecular weight excluding hydrogens is 188 g/mol. The van der Waals surface area contributed by atoms with E-state index in [9.17, 15) is 4.79 Å². The summed E-state index contributed by atoms with van der Waals surface area (Å²) in [6.07, 6.45) is 6.89. The molecule has 1 fully saturated rings. The zero-order valence-electron chi connectivity index (χ0n) is 9.96. The largest absolute Gasteiger partial charge is 0.352 e. The Labute approximate surface area is 92.8 Å². The van der Waals surface area contributed by atoms with E-state index in [2.05, 4.69) is 12.2 Å². The van der Waals surface area contributed by atoms with Gasteiger partial charge in [0.15, 0.2) is 0 Å². The molecule has 88 valence electrons. The van der Waals surface area contributed by atoms with Gasteiger partial charge >= 0.3 is 0 Å². The molecule has 3 atom stereocenters. The highest BCUT2D eigenvalue weighted by molar-refractivity contribution is 5.81. The number of carbonyl (C=O) groups is 1. The van der Waals surface area contributed by atoms with Gasteiger partial charge in [-0.2, -0.15) is 0 Å². The van der Waals surface area contributed by atoms with Gasteiger partial charge in [-0.25, -0.2) is 0 Å². The van der Waals surface area contributed by atoms with Gasteiger partial charge in [0.2, 0.25) is 5.91 Å². The summed E-state index contributed by atoms with van der Waals surface area (Å²) < 4.78 is 0. The van der Waals surface area contributed by atoms with E-state index in [0.29, 0.717) is 18.4 Å². The predicted molar refractivity (Wildman–Crippen MR) is 62.4 cm³/mol. The molecular formula is C12H24N2O. The second kappa shape index (κ2) is 6.11. The zero-order chi connectivity index (χ0) is 11.3. The molecule has 3 nitrogen and oxygen atoms in total. The zero-order valence-corrected chi connectivity index (χ0v) is 9.96. The van der Waals surface area contributed by atoms with Crippen LogP contribution in [0.2, 0.25) is 0 Å². The first-order valence-corrected chi connectivity index (χ1v) is 6.21. The summed E-state index contributed by atoms with van der Waals surface area (Å²) >= 11 is 0. The average Bonchev–Trinajstić information content (AvgIpc) is 2.43. The molecule has 0 bridgehead atoms. The Hall–Kier alpha value is -0.570. The monoisotopic (exact) mass is 212 g/mol. The molecule has 3 heteroatoms. The van der Waals surface area contributed by atoms with Gasteiger partial charge in [-0.05, 0) is 25.2 Å². The molecule has 0 aromatic carbocycles. The van der Waals surface area contributed by atoms with Gasteiger partial charge in [0.05, 0.1) is 6.04 Å². The van der Waals surface area contributed by atoms with E-state index in [1.807, 2.05) is 6.92 Å². The molecule has 0 aliphatic heterocycles. The van der Waals surface area contributed by atoms with E-state index >= 15 is 0 Å². The lowest BCUT2D eigenvalue weighted by Crippen LogP contribution is -2.47. The van der Waals surface area contributed by atoms with E-state index < -0.39 is 0 Å². The second-order valence-corrected chi connectivity index (χ2v) is 4.75. The molecule has 2 unspecified atom stereocenters. The van der Waals surface area contributed by atoms with Crippen LogP contribution in [0.4, 0.5) is 0 Å². The van der Waals surface area contributed by atoms with Crippen molar-refractivity contribution in [2.24, 2.45) is 11.7 Å². The number of amides is 1. The van der Waals surface area contributed by atoms with Crippen molar-refractivity contribution in [3.63, 3.8) is 0 Å². The fourth-order valence-corrected chi connectivity index (χ4v) is 2.18. The molecule has 3 N–H and O–H groups in total. The van der Waals surface area contributed by atoms with Gasteiger partial charge in [-0.3, -0.25) is 4.79 Å². The maximum Gasteiger partial charge on any atom is 0.237 e. The summed E-state index contributed by atoms with van der Waals surface area (Å²) in [5, 5.41) is 3.10. The van der Waals surface area contributed by atoms with Crippen molar-refractivity contribution < 1.29 is 4.79 Å². The fraction of sp³-hybridized carbons (Fsp3) is 0.917. The lowest BCUT2D eigenvalue weighted by atomic mass is 9.96. The highest BCUT2D eigenvalue weighted by Crippen LogP contribution is 2.22. The van der Waals surface area contributed by atoms with Crippen molar-refractivity contribution >= 4 is 5.91 Å². The molecule has 1 rings (SSSR count). The minimum Gasteiger partial charge on any atom is -0.352 e. The smallest absolute Gasteiger partial charge is 0.237 e. The summed E-state index contributed by atoms with van der Waals surface area (Å²) in [7, 11) is 0. The van der Waals surface area contributed by atoms with Crippen LogP contribution in [-0.4, -0.2) is 18.0 Å². The molecule has 0 aromatic heterocycles. The number of nitrogens with two attached hydrogens (primary N) is 1. The Bertz CT molecular complexity index is 206. The molecule has 1 aliphatic rings. The quantitative estimate of drug-likeness (QED) is 0.701. The molecule has 0 spiro atoms. The van der Waals surface area contributed by atoms with Gasteiger partial charge in [-0.1, -0.05) is 33.1 Å². The van der Waals surface area contributed by atoms with Crippen LogP contribution in [0.25, 0.3) is 0 Å². The van der Waals surface area contributed by atoms with E-state index in [4.69, 9.17) is 5.73 Å². The topological polar surface area (TPSA) is 55.1 Å². The molecule has 1 aliphatic carbocycles. The van der Waals surface area contributed by atoms with Crippen molar-refractivity contribution in [2.45, 2.75) is 64.5 Å². The lowest BCUT2D eigenvalue weighted by Gasteiger charge is -2.24. The van der Waals surface area contributed by atoms with Gasteiger partial charge < -0.3 is 11.1 Å². The minimum atomic E-state index is -0.333. The van der Waals surface area contributed by atoms with Gasteiger partial charge in [0.1, 0.15) is 0 Å². The minimum absolute atomic E-state index is 0.0243. The number of hydrogen-bond acceptors (Lipinski definition) is 2. The third-order valence-corrected chi connectivity index (χ3v) is 3.47. The Kier molecular flexibility index (Phi) is 5.09. The van der Waals surface area contributed by atoms with Gasteiger partial charge in [-0.15, -0.1) is 0 Å². The summed E-state index contributed by atoms with van der Waals surface area (Å²) in [6, 6.07) is 0.0121. The van der Waals surface area contributed by atoms with E-state index in [1.165, 1.54) is 25.7 Å². The highest BCUT2D eigenvalue weighted by Gasteiger charge is 2.23. The normalized spacial score (nSPS) is 29.3. The van der Waals surface area contributed by atoms with Crippen molar-refractivity contribution in [1.82, 2.24) is 5.32 Å². The number of hydrogen-bond donors (Lipinski definition) is 2. The van der Waals surface area contributed by atoms with Crippen molar-refractivity contribution in [3.8, 4) is 0 Å². The molecule has 0 heterocycles. The van der Waals surface area contributed by atoms with Crippen molar-refractivity contribution in [2.75, 3.05) is 0 Å². The van der Waals surface area contributed by atoms with Crippen LogP contribution in [0.3, 0.4) is 0 Å². The SMILES string of the molecule is CC[C@@H](N)C(=O)NC1CCCCCC1C. The third-order valence-electron chi connectivity index (χ3n) is 3.47. The predicted octanol–water partition coefficient (Wildman–Crippen LogP) is 1.81. The molecule has 0 radical (unpaired) electrons. The van der Waals surface area contributed by atoms with Gasteiger partial charge in [0.25, 0.3) is 0 Å². The number of nitrogens with one attached hydrogen (secondary N) is 1. The van der Waals surface area contributed by atoms with Crippen LogP contribution in [0.5, 0.6) is 0 Å². The van der Waals surface area contributed by atoms with E-state index in [0.717, 1.165) is 6.42 Å². The summed E-state index contributed by atoms with van der Waals surface area (Å²) in [6.45, 7) is 4.18. The maximum absolute atomic E-state index is 11.7. The molecule has 1 saturated carbocycles. The molecule has 15 heavy (non-hydrogen) atoms. The molecule has 0 saturated heterocycles. The Morgan fingerprint density at radius 3 is 2.73 bits per heavy atom. The molecule has 0 aromatic rings.